The average molecular weight is 332 g/mol. The van der Waals surface area contributed by atoms with Crippen molar-refractivity contribution in [2.45, 2.75) is 10.6 Å². The van der Waals surface area contributed by atoms with Gasteiger partial charge >= 0.3 is 0 Å². The number of sulfone groups is 1. The minimum Gasteiger partial charge on any atom is -0.486 e. The molecule has 0 radical (unpaired) electrons. The molecular formula is C12H10ClNO4S2. The number of rotatable bonds is 3. The molecule has 0 amide bonds. The number of benzene rings is 1. The molecule has 106 valence electrons. The second kappa shape index (κ2) is 5.23. The second-order valence-corrected chi connectivity index (χ2v) is 7.59. The van der Waals surface area contributed by atoms with Crippen LogP contribution in [0.2, 0.25) is 4.47 Å². The summed E-state index contributed by atoms with van der Waals surface area (Å²) in [5.74, 6) is 0.830. The summed E-state index contributed by atoms with van der Waals surface area (Å²) in [6, 6.07) is 4.60. The zero-order valence-corrected chi connectivity index (χ0v) is 12.6. The Morgan fingerprint density at radius 3 is 2.70 bits per heavy atom. The summed E-state index contributed by atoms with van der Waals surface area (Å²) in [6.07, 6.45) is 0. The maximum atomic E-state index is 12.3. The second-order valence-electron chi connectivity index (χ2n) is 4.16. The van der Waals surface area contributed by atoms with Crippen molar-refractivity contribution in [1.29, 1.82) is 0 Å². The molecule has 20 heavy (non-hydrogen) atoms. The topological polar surface area (TPSA) is 65.5 Å². The van der Waals surface area contributed by atoms with Crippen LogP contribution in [-0.2, 0) is 15.6 Å². The van der Waals surface area contributed by atoms with Crippen molar-refractivity contribution in [2.24, 2.45) is 0 Å². The Hall–Kier alpha value is -1.31. The lowest BCUT2D eigenvalue weighted by atomic mass is 10.3. The Balaban J connectivity index is 1.91. The van der Waals surface area contributed by atoms with Gasteiger partial charge in [-0.05, 0) is 12.1 Å². The molecule has 0 bridgehead atoms. The summed E-state index contributed by atoms with van der Waals surface area (Å²) >= 11 is 6.91. The van der Waals surface area contributed by atoms with Crippen molar-refractivity contribution < 1.29 is 17.9 Å². The maximum absolute atomic E-state index is 12.3. The number of aromatic nitrogens is 1. The molecule has 1 aromatic heterocycles. The number of hydrogen-bond donors (Lipinski definition) is 0. The van der Waals surface area contributed by atoms with E-state index in [0.29, 0.717) is 34.9 Å². The standard InChI is InChI=1S/C12H10ClNO4S2/c13-12-14-8(6-19-12)7-20(15,16)9-1-2-10-11(5-9)18-4-3-17-10/h1-2,5-6H,3-4,7H2. The van der Waals surface area contributed by atoms with Gasteiger partial charge in [0, 0.05) is 11.4 Å². The maximum Gasteiger partial charge on any atom is 0.184 e. The average Bonchev–Trinajstić information content (AvgIpc) is 2.83. The quantitative estimate of drug-likeness (QED) is 0.864. The van der Waals surface area contributed by atoms with Crippen LogP contribution in [0.5, 0.6) is 11.5 Å². The SMILES string of the molecule is O=S(=O)(Cc1csc(Cl)n1)c1ccc2c(c1)OCCO2. The molecule has 8 heteroatoms. The van der Waals surface area contributed by atoms with E-state index in [4.69, 9.17) is 21.1 Å². The highest BCUT2D eigenvalue weighted by Gasteiger charge is 2.21. The van der Waals surface area contributed by atoms with E-state index in [1.54, 1.807) is 11.4 Å². The fourth-order valence-electron chi connectivity index (χ4n) is 1.84. The molecule has 0 unspecified atom stereocenters. The van der Waals surface area contributed by atoms with Crippen molar-refractivity contribution in [3.8, 4) is 11.5 Å². The molecule has 0 N–H and O–H groups in total. The van der Waals surface area contributed by atoms with Crippen LogP contribution in [0, 0.1) is 0 Å². The smallest absolute Gasteiger partial charge is 0.184 e. The number of ether oxygens (including phenoxy) is 2. The summed E-state index contributed by atoms with van der Waals surface area (Å²) in [4.78, 5) is 4.14. The summed E-state index contributed by atoms with van der Waals surface area (Å²) in [7, 11) is -3.48. The first-order chi connectivity index (χ1) is 9.54. The predicted octanol–water partition coefficient (Wildman–Crippen LogP) is 2.54. The molecular weight excluding hydrogens is 322 g/mol. The van der Waals surface area contributed by atoms with Crippen LogP contribution in [0.25, 0.3) is 0 Å². The van der Waals surface area contributed by atoms with Gasteiger partial charge < -0.3 is 9.47 Å². The van der Waals surface area contributed by atoms with Crippen LogP contribution >= 0.6 is 22.9 Å². The van der Waals surface area contributed by atoms with E-state index < -0.39 is 9.84 Å². The van der Waals surface area contributed by atoms with Crippen molar-refractivity contribution in [3.05, 3.63) is 33.7 Å². The molecule has 0 saturated carbocycles. The summed E-state index contributed by atoms with van der Waals surface area (Å²) in [5.41, 5.74) is 0.440. The van der Waals surface area contributed by atoms with Gasteiger partial charge in [-0.1, -0.05) is 11.6 Å². The van der Waals surface area contributed by atoms with Gasteiger partial charge in [-0.2, -0.15) is 0 Å². The minimum atomic E-state index is -3.48. The lowest BCUT2D eigenvalue weighted by molar-refractivity contribution is 0.171. The van der Waals surface area contributed by atoms with Crippen LogP contribution in [0.1, 0.15) is 5.69 Å². The normalized spacial score (nSPS) is 14.2. The lowest BCUT2D eigenvalue weighted by Gasteiger charge is -2.18. The number of thiazole rings is 1. The Morgan fingerprint density at radius 1 is 1.25 bits per heavy atom. The summed E-state index contributed by atoms with van der Waals surface area (Å²) in [5, 5.41) is 1.64. The van der Waals surface area contributed by atoms with E-state index >= 15 is 0 Å². The van der Waals surface area contributed by atoms with Gasteiger partial charge in [-0.15, -0.1) is 11.3 Å². The van der Waals surface area contributed by atoms with E-state index in [1.807, 2.05) is 0 Å². The van der Waals surface area contributed by atoms with E-state index in [1.165, 1.54) is 23.5 Å². The molecule has 1 aromatic carbocycles. The van der Waals surface area contributed by atoms with Gasteiger partial charge in [-0.3, -0.25) is 0 Å². The molecule has 0 atom stereocenters. The van der Waals surface area contributed by atoms with Crippen molar-refractivity contribution in [3.63, 3.8) is 0 Å². The molecule has 1 aliphatic rings. The summed E-state index contributed by atoms with van der Waals surface area (Å²) < 4.78 is 35.7. The molecule has 0 spiro atoms. The Kier molecular flexibility index (Phi) is 3.57. The minimum absolute atomic E-state index is 0.185. The van der Waals surface area contributed by atoms with Crippen LogP contribution in [0.3, 0.4) is 0 Å². The highest BCUT2D eigenvalue weighted by molar-refractivity contribution is 7.90. The Morgan fingerprint density at radius 2 is 2.00 bits per heavy atom. The third kappa shape index (κ3) is 2.74. The number of hydrogen-bond acceptors (Lipinski definition) is 6. The van der Waals surface area contributed by atoms with E-state index in [9.17, 15) is 8.42 Å². The van der Waals surface area contributed by atoms with Crippen LogP contribution in [0.4, 0.5) is 0 Å². The van der Waals surface area contributed by atoms with Gasteiger partial charge in [0.15, 0.2) is 25.8 Å². The first-order valence-corrected chi connectivity index (χ1v) is 8.68. The van der Waals surface area contributed by atoms with Gasteiger partial charge in [0.05, 0.1) is 16.3 Å². The Bertz CT molecular complexity index is 742. The van der Waals surface area contributed by atoms with Gasteiger partial charge in [0.2, 0.25) is 0 Å². The molecule has 5 nitrogen and oxygen atoms in total. The highest BCUT2D eigenvalue weighted by Crippen LogP contribution is 2.33. The molecule has 2 aromatic rings. The fraction of sp³-hybridized carbons (Fsp3) is 0.250. The first-order valence-electron chi connectivity index (χ1n) is 5.77. The number of halogens is 1. The fourth-order valence-corrected chi connectivity index (χ4v) is 4.00. The lowest BCUT2D eigenvalue weighted by Crippen LogP contribution is -2.16. The highest BCUT2D eigenvalue weighted by atomic mass is 35.5. The Labute approximate surface area is 125 Å². The molecule has 0 fully saturated rings. The zero-order chi connectivity index (χ0) is 14.2. The number of fused-ring (bicyclic) bond motifs is 1. The third-order valence-corrected chi connectivity index (χ3v) is 5.41. The number of nitrogens with zero attached hydrogens (tertiary/aromatic N) is 1. The monoisotopic (exact) mass is 331 g/mol. The van der Waals surface area contributed by atoms with Crippen molar-refractivity contribution >= 4 is 32.8 Å². The van der Waals surface area contributed by atoms with Crippen LogP contribution in [0.15, 0.2) is 28.5 Å². The molecule has 3 rings (SSSR count). The van der Waals surface area contributed by atoms with Crippen LogP contribution in [-0.4, -0.2) is 26.6 Å². The van der Waals surface area contributed by atoms with E-state index in [0.717, 1.165) is 0 Å². The van der Waals surface area contributed by atoms with Gasteiger partial charge in [0.1, 0.15) is 13.2 Å². The largest absolute Gasteiger partial charge is 0.486 e. The third-order valence-electron chi connectivity index (χ3n) is 2.73. The van der Waals surface area contributed by atoms with Crippen molar-refractivity contribution in [1.82, 2.24) is 4.98 Å². The van der Waals surface area contributed by atoms with E-state index in [2.05, 4.69) is 4.98 Å². The van der Waals surface area contributed by atoms with E-state index in [-0.39, 0.29) is 10.6 Å². The van der Waals surface area contributed by atoms with Crippen molar-refractivity contribution in [2.75, 3.05) is 13.2 Å². The summed E-state index contributed by atoms with van der Waals surface area (Å²) in [6.45, 7) is 0.884. The molecule has 0 aliphatic carbocycles. The first kappa shape index (κ1) is 13.7. The molecule has 0 saturated heterocycles. The zero-order valence-electron chi connectivity index (χ0n) is 10.2. The van der Waals surface area contributed by atoms with Gasteiger partial charge in [0.25, 0.3) is 0 Å². The van der Waals surface area contributed by atoms with Crippen LogP contribution < -0.4 is 9.47 Å². The molecule has 2 heterocycles. The predicted molar refractivity (Wildman–Crippen MR) is 75.4 cm³/mol. The van der Waals surface area contributed by atoms with Gasteiger partial charge in [-0.25, -0.2) is 13.4 Å². The molecule has 1 aliphatic heterocycles.